The molecule has 0 radical (unpaired) electrons. The molecule has 0 amide bonds. The normalized spacial score (nSPS) is 10.3. The highest BCUT2D eigenvalue weighted by Gasteiger charge is 2.12. The van der Waals surface area contributed by atoms with Gasteiger partial charge in [-0.05, 0) is 42.5 Å². The van der Waals surface area contributed by atoms with Crippen molar-refractivity contribution in [2.45, 2.75) is 0 Å². The summed E-state index contributed by atoms with van der Waals surface area (Å²) in [5.74, 6) is 1.26. The summed E-state index contributed by atoms with van der Waals surface area (Å²) in [4.78, 5) is 4.35. The van der Waals surface area contributed by atoms with Crippen molar-refractivity contribution in [3.8, 4) is 34.1 Å². The van der Waals surface area contributed by atoms with Crippen LogP contribution in [0.25, 0.3) is 22.5 Å². The predicted octanol–water partition coefficient (Wildman–Crippen LogP) is 3.22. The third-order valence-corrected chi connectivity index (χ3v) is 3.28. The molecule has 0 aliphatic rings. The molecule has 0 bridgehead atoms. The number of hydrogen-bond donors (Lipinski definition) is 0. The number of aromatic nitrogens is 3. The molecule has 0 atom stereocenters. The molecule has 0 aliphatic carbocycles. The van der Waals surface area contributed by atoms with E-state index in [1.807, 2.05) is 48.5 Å². The topological polar surface area (TPSA) is 57.1 Å². The summed E-state index contributed by atoms with van der Waals surface area (Å²) in [5, 5.41) is 8.37. The molecule has 2 aromatic heterocycles. The number of methoxy groups -OCH3 is 2. The monoisotopic (exact) mass is 293 g/mol. The van der Waals surface area contributed by atoms with Gasteiger partial charge in [-0.2, -0.15) is 0 Å². The maximum absolute atomic E-state index is 5.29. The Morgan fingerprint density at radius 3 is 2.27 bits per heavy atom. The van der Waals surface area contributed by atoms with Crippen molar-refractivity contribution in [1.82, 2.24) is 15.2 Å². The standard InChI is InChI=1S/C17H15N3O2/c1-21-13-8-6-12(7-9-13)16-11-14(17(22-2)20-19-16)15-5-3-4-10-18-15/h3-11H,1-2H3. The second-order valence-corrected chi connectivity index (χ2v) is 4.60. The molecule has 1 aromatic carbocycles. The van der Waals surface area contributed by atoms with Crippen molar-refractivity contribution < 1.29 is 9.47 Å². The highest BCUT2D eigenvalue weighted by Crippen LogP contribution is 2.30. The number of ether oxygens (including phenoxy) is 2. The lowest BCUT2D eigenvalue weighted by Crippen LogP contribution is -1.97. The summed E-state index contributed by atoms with van der Waals surface area (Å²) in [6, 6.07) is 15.3. The van der Waals surface area contributed by atoms with Crippen LogP contribution >= 0.6 is 0 Å². The molecule has 5 nitrogen and oxygen atoms in total. The molecule has 0 unspecified atom stereocenters. The molecule has 0 N–H and O–H groups in total. The van der Waals surface area contributed by atoms with Gasteiger partial charge in [0.15, 0.2) is 0 Å². The van der Waals surface area contributed by atoms with Gasteiger partial charge in [0.25, 0.3) is 0 Å². The first kappa shape index (κ1) is 14.0. The van der Waals surface area contributed by atoms with Gasteiger partial charge in [-0.3, -0.25) is 4.98 Å². The van der Waals surface area contributed by atoms with Crippen LogP contribution in [0.3, 0.4) is 0 Å². The SMILES string of the molecule is COc1ccc(-c2cc(-c3ccccn3)c(OC)nn2)cc1. The van der Waals surface area contributed by atoms with E-state index in [2.05, 4.69) is 15.2 Å². The maximum Gasteiger partial charge on any atom is 0.242 e. The maximum atomic E-state index is 5.29. The van der Waals surface area contributed by atoms with Gasteiger partial charge in [0, 0.05) is 11.8 Å². The summed E-state index contributed by atoms with van der Waals surface area (Å²) in [5.41, 5.74) is 3.31. The van der Waals surface area contributed by atoms with Crippen molar-refractivity contribution in [3.63, 3.8) is 0 Å². The number of benzene rings is 1. The molecule has 5 heteroatoms. The fourth-order valence-corrected chi connectivity index (χ4v) is 2.14. The van der Waals surface area contributed by atoms with Crippen molar-refractivity contribution in [1.29, 1.82) is 0 Å². The van der Waals surface area contributed by atoms with E-state index in [9.17, 15) is 0 Å². The molecule has 0 spiro atoms. The second-order valence-electron chi connectivity index (χ2n) is 4.60. The Morgan fingerprint density at radius 1 is 0.818 bits per heavy atom. The molecule has 0 saturated heterocycles. The summed E-state index contributed by atoms with van der Waals surface area (Å²) >= 11 is 0. The molecular formula is C17H15N3O2. The molecule has 110 valence electrons. The Kier molecular flexibility index (Phi) is 3.96. The van der Waals surface area contributed by atoms with Crippen molar-refractivity contribution in [3.05, 3.63) is 54.7 Å². The third-order valence-electron chi connectivity index (χ3n) is 3.28. The van der Waals surface area contributed by atoms with Crippen LogP contribution in [0, 0.1) is 0 Å². The van der Waals surface area contributed by atoms with E-state index in [4.69, 9.17) is 9.47 Å². The molecule has 2 heterocycles. The largest absolute Gasteiger partial charge is 0.497 e. The lowest BCUT2D eigenvalue weighted by Gasteiger charge is -2.08. The van der Waals surface area contributed by atoms with Gasteiger partial charge in [0.1, 0.15) is 5.75 Å². The van der Waals surface area contributed by atoms with Gasteiger partial charge >= 0.3 is 0 Å². The number of pyridine rings is 1. The molecule has 0 aliphatic heterocycles. The van der Waals surface area contributed by atoms with E-state index < -0.39 is 0 Å². The molecule has 22 heavy (non-hydrogen) atoms. The van der Waals surface area contributed by atoms with Gasteiger partial charge < -0.3 is 9.47 Å². The van der Waals surface area contributed by atoms with Crippen LogP contribution in [0.2, 0.25) is 0 Å². The van der Waals surface area contributed by atoms with Gasteiger partial charge in [0.05, 0.1) is 31.2 Å². The highest BCUT2D eigenvalue weighted by molar-refractivity contribution is 5.71. The molecular weight excluding hydrogens is 278 g/mol. The predicted molar refractivity (Wildman–Crippen MR) is 83.8 cm³/mol. The minimum absolute atomic E-state index is 0.455. The molecule has 3 aromatic rings. The van der Waals surface area contributed by atoms with Gasteiger partial charge in [0.2, 0.25) is 5.88 Å². The lowest BCUT2D eigenvalue weighted by molar-refractivity contribution is 0.394. The minimum Gasteiger partial charge on any atom is -0.497 e. The number of hydrogen-bond acceptors (Lipinski definition) is 5. The summed E-state index contributed by atoms with van der Waals surface area (Å²) in [6.07, 6.45) is 1.74. The first-order valence-corrected chi connectivity index (χ1v) is 6.79. The van der Waals surface area contributed by atoms with E-state index in [1.54, 1.807) is 20.4 Å². The van der Waals surface area contributed by atoms with E-state index >= 15 is 0 Å². The minimum atomic E-state index is 0.455. The molecule has 0 fully saturated rings. The smallest absolute Gasteiger partial charge is 0.242 e. The van der Waals surface area contributed by atoms with Crippen LogP contribution in [0.15, 0.2) is 54.7 Å². The quantitative estimate of drug-likeness (QED) is 0.739. The highest BCUT2D eigenvalue weighted by atomic mass is 16.5. The third kappa shape index (κ3) is 2.74. The number of rotatable bonds is 4. The van der Waals surface area contributed by atoms with E-state index in [0.29, 0.717) is 5.88 Å². The summed E-state index contributed by atoms with van der Waals surface area (Å²) < 4.78 is 10.5. The van der Waals surface area contributed by atoms with Crippen LogP contribution < -0.4 is 9.47 Å². The molecule has 0 saturated carbocycles. The van der Waals surface area contributed by atoms with Crippen LogP contribution in [-0.2, 0) is 0 Å². The fourth-order valence-electron chi connectivity index (χ4n) is 2.14. The Hall–Kier alpha value is -2.95. The number of nitrogens with zero attached hydrogens (tertiary/aromatic N) is 3. The Bertz CT molecular complexity index is 759. The van der Waals surface area contributed by atoms with Crippen LogP contribution in [0.4, 0.5) is 0 Å². The van der Waals surface area contributed by atoms with Gasteiger partial charge in [-0.25, -0.2) is 0 Å². The zero-order chi connectivity index (χ0) is 15.4. The van der Waals surface area contributed by atoms with Crippen molar-refractivity contribution in [2.24, 2.45) is 0 Å². The van der Waals surface area contributed by atoms with Gasteiger partial charge in [-0.1, -0.05) is 6.07 Å². The van der Waals surface area contributed by atoms with Crippen LogP contribution in [0.5, 0.6) is 11.6 Å². The van der Waals surface area contributed by atoms with Crippen LogP contribution in [-0.4, -0.2) is 29.4 Å². The van der Waals surface area contributed by atoms with Gasteiger partial charge in [-0.15, -0.1) is 10.2 Å². The summed E-state index contributed by atoms with van der Waals surface area (Å²) in [7, 11) is 3.21. The zero-order valence-electron chi connectivity index (χ0n) is 12.4. The van der Waals surface area contributed by atoms with E-state index in [-0.39, 0.29) is 0 Å². The second kappa shape index (κ2) is 6.22. The van der Waals surface area contributed by atoms with Crippen molar-refractivity contribution >= 4 is 0 Å². The van der Waals surface area contributed by atoms with Crippen molar-refractivity contribution in [2.75, 3.05) is 14.2 Å². The first-order valence-electron chi connectivity index (χ1n) is 6.79. The zero-order valence-corrected chi connectivity index (χ0v) is 12.4. The van der Waals surface area contributed by atoms with Crippen LogP contribution in [0.1, 0.15) is 0 Å². The van der Waals surface area contributed by atoms with E-state index in [0.717, 1.165) is 28.3 Å². The van der Waals surface area contributed by atoms with E-state index in [1.165, 1.54) is 0 Å². The fraction of sp³-hybridized carbons (Fsp3) is 0.118. The Balaban J connectivity index is 2.06. The average Bonchev–Trinajstić information content (AvgIpc) is 2.62. The Morgan fingerprint density at radius 2 is 1.64 bits per heavy atom. The first-order chi connectivity index (χ1) is 10.8. The molecule has 3 rings (SSSR count). The Labute approximate surface area is 128 Å². The summed E-state index contributed by atoms with van der Waals surface area (Å²) in [6.45, 7) is 0. The lowest BCUT2D eigenvalue weighted by atomic mass is 10.1. The average molecular weight is 293 g/mol.